The van der Waals surface area contributed by atoms with E-state index in [0.29, 0.717) is 6.04 Å². The van der Waals surface area contributed by atoms with Crippen molar-refractivity contribution in [3.8, 4) is 0 Å². The number of nitrogens with zero attached hydrogens (tertiary/aromatic N) is 3. The van der Waals surface area contributed by atoms with Crippen molar-refractivity contribution >= 4 is 0 Å². The van der Waals surface area contributed by atoms with Gasteiger partial charge in [-0.2, -0.15) is 5.10 Å². The minimum atomic E-state index is 0.630. The summed E-state index contributed by atoms with van der Waals surface area (Å²) in [5, 5.41) is 4.67. The zero-order chi connectivity index (χ0) is 15.9. The van der Waals surface area contributed by atoms with Gasteiger partial charge < -0.3 is 0 Å². The van der Waals surface area contributed by atoms with E-state index in [9.17, 15) is 0 Å². The van der Waals surface area contributed by atoms with E-state index in [1.165, 1.54) is 70.0 Å². The molecule has 2 aliphatic carbocycles. The highest BCUT2D eigenvalue weighted by Crippen LogP contribution is 2.55. The van der Waals surface area contributed by atoms with Crippen LogP contribution >= 0.6 is 0 Å². The molecule has 3 nitrogen and oxygen atoms in total. The minimum Gasteiger partial charge on any atom is -0.300 e. The summed E-state index contributed by atoms with van der Waals surface area (Å²) >= 11 is 0. The van der Waals surface area contributed by atoms with Crippen LogP contribution in [0.5, 0.6) is 0 Å². The summed E-state index contributed by atoms with van der Waals surface area (Å²) in [5.74, 6) is 0.718. The Labute approximate surface area is 141 Å². The van der Waals surface area contributed by atoms with Gasteiger partial charge in [0.25, 0.3) is 0 Å². The van der Waals surface area contributed by atoms with Gasteiger partial charge in [-0.25, -0.2) is 0 Å². The van der Waals surface area contributed by atoms with E-state index < -0.39 is 0 Å². The fraction of sp³-hybridized carbons (Fsp3) is 0.850. The van der Waals surface area contributed by atoms with Crippen LogP contribution in [0.25, 0.3) is 0 Å². The van der Waals surface area contributed by atoms with Crippen LogP contribution in [0.4, 0.5) is 0 Å². The smallest absolute Gasteiger partial charge is 0.0543 e. The highest BCUT2D eigenvalue weighted by molar-refractivity contribution is 5.06. The van der Waals surface area contributed by atoms with Gasteiger partial charge in [0.2, 0.25) is 0 Å². The van der Waals surface area contributed by atoms with Gasteiger partial charge in [-0.3, -0.25) is 9.58 Å². The Kier molecular flexibility index (Phi) is 4.25. The molecule has 1 aromatic heterocycles. The standard InChI is InChI=1S/C20H33N3/c1-16(2)13-17-14-21-23(15-17)18-6-11-22(12-7-18)19-5-3-8-20(19)9-4-10-20/h14-16,18-19H,3-13H2,1-2H3/t19-/m0/s1. The molecule has 0 N–H and O–H groups in total. The molecule has 0 amide bonds. The number of hydrogen-bond donors (Lipinski definition) is 0. The normalized spacial score (nSPS) is 28.6. The van der Waals surface area contributed by atoms with E-state index in [1.807, 2.05) is 0 Å². The molecular weight excluding hydrogens is 282 g/mol. The van der Waals surface area contributed by atoms with Gasteiger partial charge in [0, 0.05) is 25.3 Å². The second-order valence-electron chi connectivity index (χ2n) is 8.82. The zero-order valence-electron chi connectivity index (χ0n) is 15.0. The average Bonchev–Trinajstić information content (AvgIpc) is 3.13. The van der Waals surface area contributed by atoms with Crippen LogP contribution in [-0.4, -0.2) is 33.8 Å². The Bertz CT molecular complexity index is 521. The summed E-state index contributed by atoms with van der Waals surface area (Å²) in [6.45, 7) is 7.15. The van der Waals surface area contributed by atoms with Crippen molar-refractivity contribution in [1.82, 2.24) is 14.7 Å². The predicted molar refractivity (Wildman–Crippen MR) is 94.5 cm³/mol. The molecule has 1 atom stereocenters. The molecule has 3 aliphatic rings. The summed E-state index contributed by atoms with van der Waals surface area (Å²) in [4.78, 5) is 2.85. The fourth-order valence-corrected chi connectivity index (χ4v) is 5.52. The van der Waals surface area contributed by atoms with Crippen molar-refractivity contribution in [2.24, 2.45) is 11.3 Å². The van der Waals surface area contributed by atoms with Crippen LogP contribution in [0.15, 0.2) is 12.4 Å². The largest absolute Gasteiger partial charge is 0.300 e. The van der Waals surface area contributed by atoms with Crippen molar-refractivity contribution in [3.05, 3.63) is 18.0 Å². The van der Waals surface area contributed by atoms with Gasteiger partial charge >= 0.3 is 0 Å². The molecule has 4 rings (SSSR count). The third-order valence-corrected chi connectivity index (χ3v) is 6.82. The van der Waals surface area contributed by atoms with Crippen LogP contribution in [0.3, 0.4) is 0 Å². The molecule has 3 fully saturated rings. The summed E-state index contributed by atoms with van der Waals surface area (Å²) in [5.41, 5.74) is 2.15. The molecule has 0 radical (unpaired) electrons. The van der Waals surface area contributed by atoms with Crippen molar-refractivity contribution in [1.29, 1.82) is 0 Å². The van der Waals surface area contributed by atoms with Crippen LogP contribution in [0, 0.1) is 11.3 Å². The van der Waals surface area contributed by atoms with Gasteiger partial charge in [0.1, 0.15) is 0 Å². The fourth-order valence-electron chi connectivity index (χ4n) is 5.52. The van der Waals surface area contributed by atoms with Gasteiger partial charge in [-0.15, -0.1) is 0 Å². The molecule has 0 bridgehead atoms. The third kappa shape index (κ3) is 2.97. The Morgan fingerprint density at radius 1 is 1.13 bits per heavy atom. The van der Waals surface area contributed by atoms with Crippen molar-refractivity contribution < 1.29 is 0 Å². The molecule has 3 heteroatoms. The molecule has 1 saturated heterocycles. The lowest BCUT2D eigenvalue weighted by atomic mass is 9.64. The summed E-state index contributed by atoms with van der Waals surface area (Å²) in [6, 6.07) is 1.54. The van der Waals surface area contributed by atoms with E-state index >= 15 is 0 Å². The van der Waals surface area contributed by atoms with E-state index in [4.69, 9.17) is 0 Å². The first-order valence-electron chi connectivity index (χ1n) is 9.93. The van der Waals surface area contributed by atoms with E-state index in [1.54, 1.807) is 0 Å². The molecule has 1 aromatic rings. The minimum absolute atomic E-state index is 0.630. The maximum atomic E-state index is 4.67. The first-order valence-corrected chi connectivity index (χ1v) is 9.93. The van der Waals surface area contributed by atoms with Gasteiger partial charge in [0.05, 0.1) is 12.2 Å². The Morgan fingerprint density at radius 3 is 2.52 bits per heavy atom. The number of rotatable bonds is 4. The summed E-state index contributed by atoms with van der Waals surface area (Å²) in [7, 11) is 0. The molecule has 2 heterocycles. The second kappa shape index (κ2) is 6.23. The first-order chi connectivity index (χ1) is 11.2. The van der Waals surface area contributed by atoms with Gasteiger partial charge in [0.15, 0.2) is 0 Å². The highest BCUT2D eigenvalue weighted by Gasteiger charge is 2.49. The zero-order valence-corrected chi connectivity index (χ0v) is 15.0. The second-order valence-corrected chi connectivity index (χ2v) is 8.82. The predicted octanol–water partition coefficient (Wildman–Crippen LogP) is 4.44. The van der Waals surface area contributed by atoms with Crippen molar-refractivity contribution in [2.45, 2.75) is 83.7 Å². The number of piperidine rings is 1. The molecule has 128 valence electrons. The summed E-state index contributed by atoms with van der Waals surface area (Å²) in [6.07, 6.45) is 17.1. The lowest BCUT2D eigenvalue weighted by Crippen LogP contribution is -2.50. The maximum absolute atomic E-state index is 4.67. The lowest BCUT2D eigenvalue weighted by molar-refractivity contribution is 0.00573. The quantitative estimate of drug-likeness (QED) is 0.819. The number of aromatic nitrogens is 2. The van der Waals surface area contributed by atoms with E-state index in [-0.39, 0.29) is 0 Å². The van der Waals surface area contributed by atoms with Crippen LogP contribution in [0.2, 0.25) is 0 Å². The van der Waals surface area contributed by atoms with E-state index in [2.05, 4.69) is 40.9 Å². The maximum Gasteiger partial charge on any atom is 0.0543 e. The van der Waals surface area contributed by atoms with Crippen LogP contribution in [0.1, 0.15) is 76.8 Å². The topological polar surface area (TPSA) is 21.1 Å². The molecule has 0 unspecified atom stereocenters. The summed E-state index contributed by atoms with van der Waals surface area (Å²) < 4.78 is 2.27. The number of hydrogen-bond acceptors (Lipinski definition) is 2. The number of likely N-dealkylation sites (tertiary alicyclic amines) is 1. The molecule has 23 heavy (non-hydrogen) atoms. The molecule has 1 aliphatic heterocycles. The third-order valence-electron chi connectivity index (χ3n) is 6.82. The van der Waals surface area contributed by atoms with Crippen molar-refractivity contribution in [3.63, 3.8) is 0 Å². The van der Waals surface area contributed by atoms with Gasteiger partial charge in [-0.05, 0) is 61.8 Å². The average molecular weight is 316 g/mol. The lowest BCUT2D eigenvalue weighted by Gasteiger charge is -2.49. The molecular formula is C20H33N3. The molecule has 1 spiro atoms. The van der Waals surface area contributed by atoms with E-state index in [0.717, 1.165) is 23.8 Å². The highest BCUT2D eigenvalue weighted by atomic mass is 15.3. The van der Waals surface area contributed by atoms with Crippen LogP contribution in [-0.2, 0) is 6.42 Å². The Morgan fingerprint density at radius 2 is 1.87 bits per heavy atom. The SMILES string of the molecule is CC(C)Cc1cnn(C2CCN([C@H]3CCCC34CCC4)CC2)c1. The van der Waals surface area contributed by atoms with Crippen LogP contribution < -0.4 is 0 Å². The first kappa shape index (κ1) is 15.7. The Balaban J connectivity index is 1.35. The van der Waals surface area contributed by atoms with Gasteiger partial charge in [-0.1, -0.05) is 26.7 Å². The monoisotopic (exact) mass is 315 g/mol. The molecule has 0 aromatic carbocycles. The Hall–Kier alpha value is -0.830. The van der Waals surface area contributed by atoms with Crippen molar-refractivity contribution in [2.75, 3.05) is 13.1 Å². The molecule has 2 saturated carbocycles.